The number of unbranched alkanes of at least 4 members (excludes halogenated alkanes) is 6. The number of aryl methyl sites for hydroxylation is 1. The highest BCUT2D eigenvalue weighted by Crippen LogP contribution is 2.35. The Labute approximate surface area is 220 Å². The number of ether oxygens (including phenoxy) is 2. The molecule has 1 N–H and O–H groups in total. The summed E-state index contributed by atoms with van der Waals surface area (Å²) in [4.78, 5) is 26.5. The molecule has 0 atom stereocenters. The van der Waals surface area contributed by atoms with E-state index in [2.05, 4.69) is 25.7 Å². The summed E-state index contributed by atoms with van der Waals surface area (Å²) in [7, 11) is 0. The Morgan fingerprint density at radius 2 is 1.65 bits per heavy atom. The second-order valence-electron chi connectivity index (χ2n) is 9.24. The topological polar surface area (TPSA) is 69.6 Å². The quantitative estimate of drug-likeness (QED) is 0.163. The van der Waals surface area contributed by atoms with E-state index < -0.39 is 0 Å². The van der Waals surface area contributed by atoms with Crippen molar-refractivity contribution in [2.45, 2.75) is 71.8 Å². The zero-order valence-electron chi connectivity index (χ0n) is 22.3. The molecule has 6 nitrogen and oxygen atoms in total. The Balaban J connectivity index is 2.04. The van der Waals surface area contributed by atoms with Crippen LogP contribution in [0.2, 0.25) is 0 Å². The standard InChI is InChI=1S/C31H40N2O4/c1-4-7-9-14-20-33-27-23-25(32-30(34)24-16-12-11-13-17-24)18-19-26(27)28(37-22-15-10-8-5-2)29(31(33)35)36-21-6-3/h6,11-13,16-19,23H,3-5,7-10,14-15,20-22H2,1-2H3,(H,32,34). The third kappa shape index (κ3) is 7.72. The van der Waals surface area contributed by atoms with Crippen LogP contribution in [-0.2, 0) is 6.54 Å². The van der Waals surface area contributed by atoms with Crippen molar-refractivity contribution in [1.82, 2.24) is 4.57 Å². The van der Waals surface area contributed by atoms with Crippen molar-refractivity contribution in [2.75, 3.05) is 18.5 Å². The minimum absolute atomic E-state index is 0.199. The van der Waals surface area contributed by atoms with Crippen molar-refractivity contribution in [3.05, 3.63) is 77.1 Å². The van der Waals surface area contributed by atoms with E-state index >= 15 is 0 Å². The van der Waals surface area contributed by atoms with Crippen LogP contribution in [0.1, 0.15) is 75.6 Å². The van der Waals surface area contributed by atoms with E-state index in [-0.39, 0.29) is 23.8 Å². The van der Waals surface area contributed by atoms with Crippen molar-refractivity contribution in [1.29, 1.82) is 0 Å². The summed E-state index contributed by atoms with van der Waals surface area (Å²) in [6.45, 7) is 9.35. The number of carbonyl (C=O) groups is 1. The second kappa shape index (κ2) is 14.9. The fourth-order valence-corrected chi connectivity index (χ4v) is 4.30. The lowest BCUT2D eigenvalue weighted by Gasteiger charge is -2.19. The molecule has 198 valence electrons. The lowest BCUT2D eigenvalue weighted by Crippen LogP contribution is -2.24. The van der Waals surface area contributed by atoms with E-state index in [4.69, 9.17) is 9.47 Å². The SMILES string of the molecule is C=CCOc1c(OCCCCCC)c2ccc(NC(=O)c3ccccc3)cc2n(CCCCCC)c1=O. The van der Waals surface area contributed by atoms with Crippen molar-refractivity contribution in [3.8, 4) is 11.5 Å². The number of benzene rings is 2. The Hall–Kier alpha value is -3.54. The Morgan fingerprint density at radius 3 is 2.35 bits per heavy atom. The number of hydrogen-bond donors (Lipinski definition) is 1. The van der Waals surface area contributed by atoms with Crippen molar-refractivity contribution < 1.29 is 14.3 Å². The number of aromatic nitrogens is 1. The first-order valence-electron chi connectivity index (χ1n) is 13.5. The summed E-state index contributed by atoms with van der Waals surface area (Å²) in [5.74, 6) is 0.485. The molecule has 3 aromatic rings. The molecule has 2 aromatic carbocycles. The van der Waals surface area contributed by atoms with Crippen molar-refractivity contribution in [2.24, 2.45) is 0 Å². The molecule has 0 aliphatic rings. The first-order valence-corrected chi connectivity index (χ1v) is 13.5. The molecule has 37 heavy (non-hydrogen) atoms. The molecule has 0 bridgehead atoms. The minimum atomic E-state index is -0.221. The molecule has 6 heteroatoms. The molecule has 0 radical (unpaired) electrons. The maximum absolute atomic E-state index is 13.7. The number of rotatable bonds is 16. The molecule has 0 aliphatic heterocycles. The third-order valence-electron chi connectivity index (χ3n) is 6.30. The average Bonchev–Trinajstić information content (AvgIpc) is 2.92. The largest absolute Gasteiger partial charge is 0.489 e. The van der Waals surface area contributed by atoms with Gasteiger partial charge in [-0.2, -0.15) is 0 Å². The summed E-state index contributed by atoms with van der Waals surface area (Å²) >= 11 is 0. The first-order chi connectivity index (χ1) is 18.1. The number of carbonyl (C=O) groups excluding carboxylic acids is 1. The van der Waals surface area contributed by atoms with Gasteiger partial charge < -0.3 is 19.4 Å². The summed E-state index contributed by atoms with van der Waals surface area (Å²) in [5.41, 5.74) is 1.70. The number of hydrogen-bond acceptors (Lipinski definition) is 4. The van der Waals surface area contributed by atoms with Crippen LogP contribution in [0.4, 0.5) is 5.69 Å². The number of nitrogens with one attached hydrogen (secondary N) is 1. The normalized spacial score (nSPS) is 10.9. The summed E-state index contributed by atoms with van der Waals surface area (Å²) < 4.78 is 13.8. The van der Waals surface area contributed by atoms with Gasteiger partial charge in [-0.25, -0.2) is 0 Å². The predicted octanol–water partition coefficient (Wildman–Crippen LogP) is 7.36. The van der Waals surface area contributed by atoms with E-state index in [0.717, 1.165) is 62.3 Å². The van der Waals surface area contributed by atoms with Crippen LogP contribution < -0.4 is 20.3 Å². The molecule has 1 amide bonds. The molecule has 0 unspecified atom stereocenters. The smallest absolute Gasteiger partial charge is 0.297 e. The zero-order valence-corrected chi connectivity index (χ0v) is 22.3. The number of pyridine rings is 1. The van der Waals surface area contributed by atoms with E-state index in [1.54, 1.807) is 22.8 Å². The average molecular weight is 505 g/mol. The van der Waals surface area contributed by atoms with Gasteiger partial charge in [0.1, 0.15) is 6.61 Å². The molecular weight excluding hydrogens is 464 g/mol. The van der Waals surface area contributed by atoms with Gasteiger partial charge in [0.25, 0.3) is 11.5 Å². The van der Waals surface area contributed by atoms with Crippen LogP contribution in [0.15, 0.2) is 66.0 Å². The Kier molecular flexibility index (Phi) is 11.3. The van der Waals surface area contributed by atoms with E-state index in [1.807, 2.05) is 36.4 Å². The van der Waals surface area contributed by atoms with Crippen LogP contribution in [0, 0.1) is 0 Å². The van der Waals surface area contributed by atoms with Gasteiger partial charge in [0.05, 0.1) is 12.1 Å². The van der Waals surface area contributed by atoms with Gasteiger partial charge in [0, 0.05) is 23.2 Å². The van der Waals surface area contributed by atoms with Crippen LogP contribution in [0.25, 0.3) is 10.9 Å². The van der Waals surface area contributed by atoms with Crippen LogP contribution in [-0.4, -0.2) is 23.7 Å². The highest BCUT2D eigenvalue weighted by atomic mass is 16.5. The first kappa shape index (κ1) is 28.0. The fraction of sp³-hybridized carbons (Fsp3) is 0.419. The highest BCUT2D eigenvalue weighted by Gasteiger charge is 2.20. The fourth-order valence-electron chi connectivity index (χ4n) is 4.30. The molecule has 3 rings (SSSR count). The molecule has 1 heterocycles. The predicted molar refractivity (Wildman–Crippen MR) is 152 cm³/mol. The summed E-state index contributed by atoms with van der Waals surface area (Å²) in [6, 6.07) is 14.7. The molecule has 0 saturated carbocycles. The van der Waals surface area contributed by atoms with Gasteiger partial charge in [-0.05, 0) is 43.2 Å². The van der Waals surface area contributed by atoms with Crippen LogP contribution >= 0.6 is 0 Å². The maximum Gasteiger partial charge on any atom is 0.297 e. The molecule has 0 fully saturated rings. The minimum Gasteiger partial charge on any atom is -0.489 e. The molecule has 0 spiro atoms. The summed E-state index contributed by atoms with van der Waals surface area (Å²) in [5, 5.41) is 3.76. The maximum atomic E-state index is 13.7. The monoisotopic (exact) mass is 504 g/mol. The Morgan fingerprint density at radius 1 is 0.919 bits per heavy atom. The zero-order chi connectivity index (χ0) is 26.5. The number of fused-ring (bicyclic) bond motifs is 1. The van der Waals surface area contributed by atoms with Gasteiger partial charge in [-0.15, -0.1) is 0 Å². The van der Waals surface area contributed by atoms with Gasteiger partial charge in [-0.1, -0.05) is 83.2 Å². The van der Waals surface area contributed by atoms with Gasteiger partial charge >= 0.3 is 0 Å². The van der Waals surface area contributed by atoms with E-state index in [0.29, 0.717) is 30.2 Å². The van der Waals surface area contributed by atoms with Crippen LogP contribution in [0.3, 0.4) is 0 Å². The highest BCUT2D eigenvalue weighted by molar-refractivity contribution is 6.05. The van der Waals surface area contributed by atoms with E-state index in [9.17, 15) is 9.59 Å². The van der Waals surface area contributed by atoms with Gasteiger partial charge in [0.2, 0.25) is 5.75 Å². The van der Waals surface area contributed by atoms with Gasteiger partial charge in [0.15, 0.2) is 5.75 Å². The molecule has 0 aliphatic carbocycles. The van der Waals surface area contributed by atoms with Crippen molar-refractivity contribution >= 4 is 22.5 Å². The van der Waals surface area contributed by atoms with Crippen molar-refractivity contribution in [3.63, 3.8) is 0 Å². The lowest BCUT2D eigenvalue weighted by molar-refractivity contribution is 0.102. The van der Waals surface area contributed by atoms with E-state index in [1.165, 1.54) is 0 Å². The number of amides is 1. The number of nitrogens with zero attached hydrogens (tertiary/aromatic N) is 1. The third-order valence-corrected chi connectivity index (χ3v) is 6.30. The molecule has 0 saturated heterocycles. The molecule has 1 aromatic heterocycles. The second-order valence-corrected chi connectivity index (χ2v) is 9.24. The van der Waals surface area contributed by atoms with Crippen LogP contribution in [0.5, 0.6) is 11.5 Å². The summed E-state index contributed by atoms with van der Waals surface area (Å²) in [6.07, 6.45) is 10.0. The van der Waals surface area contributed by atoms with Gasteiger partial charge in [-0.3, -0.25) is 9.59 Å². The number of anilines is 1. The molecular formula is C31H40N2O4. The Bertz CT molecular complexity index is 1220. The lowest BCUT2D eigenvalue weighted by atomic mass is 10.1.